The highest BCUT2D eigenvalue weighted by Crippen LogP contribution is 2.35. The first kappa shape index (κ1) is 24.3. The molecule has 2 fully saturated rings. The topological polar surface area (TPSA) is 53.4 Å². The van der Waals surface area contributed by atoms with Gasteiger partial charge < -0.3 is 9.88 Å². The summed E-state index contributed by atoms with van der Waals surface area (Å²) in [7, 11) is 0. The Kier molecular flexibility index (Phi) is 7.14. The van der Waals surface area contributed by atoms with Crippen LogP contribution in [0.5, 0.6) is 0 Å². The van der Waals surface area contributed by atoms with Crippen molar-refractivity contribution in [3.8, 4) is 5.82 Å². The average Bonchev–Trinajstić information content (AvgIpc) is 3.30. The van der Waals surface area contributed by atoms with E-state index in [1.54, 1.807) is 6.20 Å². The molecule has 5 rings (SSSR count). The van der Waals surface area contributed by atoms with E-state index in [1.165, 1.54) is 19.3 Å². The molecule has 1 saturated heterocycles. The van der Waals surface area contributed by atoms with Crippen molar-refractivity contribution in [1.82, 2.24) is 24.7 Å². The van der Waals surface area contributed by atoms with Crippen molar-refractivity contribution in [2.24, 2.45) is 0 Å². The average molecular weight is 494 g/mol. The number of amides is 1. The number of benzene rings is 1. The van der Waals surface area contributed by atoms with E-state index in [0.717, 1.165) is 55.7 Å². The van der Waals surface area contributed by atoms with E-state index in [2.05, 4.69) is 33.9 Å². The molecule has 0 spiro atoms. The van der Waals surface area contributed by atoms with Gasteiger partial charge in [0.25, 0.3) is 5.91 Å². The first-order valence-electron chi connectivity index (χ1n) is 13.0. The Morgan fingerprint density at radius 3 is 2.51 bits per heavy atom. The second kappa shape index (κ2) is 10.3. The van der Waals surface area contributed by atoms with Crippen LogP contribution in [0.1, 0.15) is 56.3 Å². The van der Waals surface area contributed by atoms with Crippen LogP contribution < -0.4 is 5.32 Å². The zero-order chi connectivity index (χ0) is 24.4. The Morgan fingerprint density at radius 2 is 1.83 bits per heavy atom. The molecule has 0 radical (unpaired) electrons. The zero-order valence-corrected chi connectivity index (χ0v) is 21.6. The summed E-state index contributed by atoms with van der Waals surface area (Å²) in [6.07, 6.45) is 9.67. The van der Waals surface area contributed by atoms with Gasteiger partial charge in [0.15, 0.2) is 0 Å². The first-order valence-corrected chi connectivity index (χ1v) is 13.3. The fraction of sp³-hybridized carbons (Fsp3) is 0.500. The number of nitrogens with zero attached hydrogens (tertiary/aromatic N) is 4. The predicted molar refractivity (Wildman–Crippen MR) is 143 cm³/mol. The van der Waals surface area contributed by atoms with Gasteiger partial charge >= 0.3 is 0 Å². The highest BCUT2D eigenvalue weighted by Gasteiger charge is 2.40. The number of carbonyl (C=O) groups is 1. The molecule has 0 bridgehead atoms. The van der Waals surface area contributed by atoms with Gasteiger partial charge in [0.1, 0.15) is 5.82 Å². The van der Waals surface area contributed by atoms with E-state index < -0.39 is 0 Å². The van der Waals surface area contributed by atoms with Crippen LogP contribution in [0.4, 0.5) is 0 Å². The van der Waals surface area contributed by atoms with Crippen LogP contribution in [-0.4, -0.2) is 69.6 Å². The molecule has 6 nitrogen and oxygen atoms in total. The summed E-state index contributed by atoms with van der Waals surface area (Å²) in [5.74, 6) is 0.703. The monoisotopic (exact) mass is 493 g/mol. The number of aromatic nitrogens is 2. The molecule has 7 heteroatoms. The fourth-order valence-electron chi connectivity index (χ4n) is 5.97. The number of pyridine rings is 1. The highest BCUT2D eigenvalue weighted by atomic mass is 35.5. The van der Waals surface area contributed by atoms with Gasteiger partial charge in [-0.2, -0.15) is 0 Å². The normalized spacial score (nSPS) is 19.3. The van der Waals surface area contributed by atoms with Crippen LogP contribution in [0.15, 0.2) is 48.8 Å². The maximum absolute atomic E-state index is 13.6. The van der Waals surface area contributed by atoms with Crippen LogP contribution >= 0.6 is 11.6 Å². The van der Waals surface area contributed by atoms with Gasteiger partial charge in [-0.05, 0) is 51.0 Å². The molecule has 1 aromatic carbocycles. The summed E-state index contributed by atoms with van der Waals surface area (Å²) in [5.41, 5.74) is 1.53. The summed E-state index contributed by atoms with van der Waals surface area (Å²) in [6.45, 7) is 9.56. The molecule has 0 unspecified atom stereocenters. The number of hydrogen-bond donors (Lipinski definition) is 1. The molecular formula is C28H36ClN5O. The Balaban J connectivity index is 1.39. The standard InChI is InChI=1S/C28H36ClN5O/c1-21(2)32-15-17-33(18-16-32)28(12-5-3-6-13-28)20-31-27(35)22-19-34(25-11-4-7-14-30-25)24-10-8-9-23(29)26(22)24/h4,7-11,14,19,21H,3,5-6,12-13,15-18,20H2,1-2H3,(H,31,35). The molecule has 1 saturated carbocycles. The minimum atomic E-state index is -0.0662. The number of piperazine rings is 1. The maximum Gasteiger partial charge on any atom is 0.253 e. The smallest absolute Gasteiger partial charge is 0.253 e. The molecule has 1 aliphatic heterocycles. The van der Waals surface area contributed by atoms with E-state index in [-0.39, 0.29) is 11.4 Å². The molecule has 1 aliphatic carbocycles. The lowest BCUT2D eigenvalue weighted by atomic mass is 9.79. The Labute approximate surface area is 213 Å². The molecule has 1 N–H and O–H groups in total. The number of carbonyl (C=O) groups excluding carboxylic acids is 1. The van der Waals surface area contributed by atoms with Crippen molar-refractivity contribution >= 4 is 28.4 Å². The molecule has 3 heterocycles. The third kappa shape index (κ3) is 4.84. The van der Waals surface area contributed by atoms with Crippen molar-refractivity contribution < 1.29 is 4.79 Å². The molecule has 35 heavy (non-hydrogen) atoms. The van der Waals surface area contributed by atoms with Gasteiger partial charge in [-0.3, -0.25) is 14.6 Å². The van der Waals surface area contributed by atoms with E-state index in [0.29, 0.717) is 23.2 Å². The zero-order valence-electron chi connectivity index (χ0n) is 20.8. The highest BCUT2D eigenvalue weighted by molar-refractivity contribution is 6.37. The lowest BCUT2D eigenvalue weighted by Gasteiger charge is -2.50. The summed E-state index contributed by atoms with van der Waals surface area (Å²) < 4.78 is 1.96. The van der Waals surface area contributed by atoms with E-state index in [4.69, 9.17) is 11.6 Å². The SMILES string of the molecule is CC(C)N1CCN(C2(CNC(=O)c3cn(-c4ccccn4)c4cccc(Cl)c34)CCCCC2)CC1. The van der Waals surface area contributed by atoms with Gasteiger partial charge in [0.05, 0.1) is 16.1 Å². The first-order chi connectivity index (χ1) is 17.0. The minimum absolute atomic E-state index is 0.0418. The van der Waals surface area contributed by atoms with Crippen LogP contribution in [0.3, 0.4) is 0 Å². The van der Waals surface area contributed by atoms with Crippen molar-refractivity contribution in [2.75, 3.05) is 32.7 Å². The van der Waals surface area contributed by atoms with E-state index in [1.807, 2.05) is 47.2 Å². The molecular weight excluding hydrogens is 458 g/mol. The lowest BCUT2D eigenvalue weighted by Crippen LogP contribution is -2.62. The fourth-order valence-corrected chi connectivity index (χ4v) is 6.24. The summed E-state index contributed by atoms with van der Waals surface area (Å²) in [4.78, 5) is 23.3. The minimum Gasteiger partial charge on any atom is -0.350 e. The number of hydrogen-bond acceptors (Lipinski definition) is 4. The summed E-state index contributed by atoms with van der Waals surface area (Å²) >= 11 is 6.62. The third-order valence-electron chi connectivity index (χ3n) is 8.00. The molecule has 0 atom stereocenters. The van der Waals surface area contributed by atoms with Gasteiger partial charge in [0, 0.05) is 62.1 Å². The third-order valence-corrected chi connectivity index (χ3v) is 8.31. The maximum atomic E-state index is 13.6. The van der Waals surface area contributed by atoms with Gasteiger partial charge in [-0.25, -0.2) is 4.98 Å². The number of fused-ring (bicyclic) bond motifs is 1. The molecule has 3 aromatic rings. The Bertz CT molecular complexity index is 1160. The van der Waals surface area contributed by atoms with Crippen molar-refractivity contribution in [2.45, 2.75) is 57.5 Å². The van der Waals surface area contributed by atoms with Crippen molar-refractivity contribution in [3.63, 3.8) is 0 Å². The van der Waals surface area contributed by atoms with Gasteiger partial charge in [-0.1, -0.05) is 43.0 Å². The van der Waals surface area contributed by atoms with Gasteiger partial charge in [0.2, 0.25) is 0 Å². The number of rotatable bonds is 6. The van der Waals surface area contributed by atoms with Crippen molar-refractivity contribution in [1.29, 1.82) is 0 Å². The van der Waals surface area contributed by atoms with E-state index >= 15 is 0 Å². The van der Waals surface area contributed by atoms with Crippen LogP contribution in [0.2, 0.25) is 5.02 Å². The van der Waals surface area contributed by atoms with E-state index in [9.17, 15) is 4.79 Å². The Morgan fingerprint density at radius 1 is 1.06 bits per heavy atom. The second-order valence-corrected chi connectivity index (χ2v) is 10.7. The number of nitrogens with one attached hydrogen (secondary N) is 1. The molecule has 2 aliphatic rings. The van der Waals surface area contributed by atoms with Crippen LogP contribution in [0, 0.1) is 0 Å². The number of halogens is 1. The largest absolute Gasteiger partial charge is 0.350 e. The Hall–Kier alpha value is -2.41. The summed E-state index contributed by atoms with van der Waals surface area (Å²) in [5, 5.41) is 4.70. The second-order valence-electron chi connectivity index (χ2n) is 10.3. The van der Waals surface area contributed by atoms with Crippen LogP contribution in [-0.2, 0) is 0 Å². The molecule has 1 amide bonds. The van der Waals surface area contributed by atoms with Crippen molar-refractivity contribution in [3.05, 3.63) is 59.4 Å². The lowest BCUT2D eigenvalue weighted by molar-refractivity contribution is 0.000839. The quantitative estimate of drug-likeness (QED) is 0.516. The predicted octanol–water partition coefficient (Wildman–Crippen LogP) is 5.14. The van der Waals surface area contributed by atoms with Gasteiger partial charge in [-0.15, -0.1) is 0 Å². The summed E-state index contributed by atoms with van der Waals surface area (Å²) in [6, 6.07) is 12.1. The molecule has 2 aromatic heterocycles. The molecule has 186 valence electrons. The van der Waals surface area contributed by atoms with Crippen LogP contribution in [0.25, 0.3) is 16.7 Å².